The third-order valence-corrected chi connectivity index (χ3v) is 5.85. The van der Waals surface area contributed by atoms with E-state index in [0.717, 1.165) is 20.5 Å². The monoisotopic (exact) mass is 334 g/mol. The Kier molecular flexibility index (Phi) is 3.48. The molecule has 2 aromatic carbocycles. The van der Waals surface area contributed by atoms with Crippen molar-refractivity contribution in [1.82, 2.24) is 0 Å². The summed E-state index contributed by atoms with van der Waals surface area (Å²) in [5, 5.41) is 12.2. The van der Waals surface area contributed by atoms with Gasteiger partial charge in [0, 0.05) is 14.8 Å². The first-order valence-electron chi connectivity index (χ1n) is 7.23. The number of thiophene rings is 2. The summed E-state index contributed by atoms with van der Waals surface area (Å²) in [7, 11) is 0. The summed E-state index contributed by atoms with van der Waals surface area (Å²) < 4.78 is 2.46. The van der Waals surface area contributed by atoms with E-state index in [1.54, 1.807) is 22.7 Å². The summed E-state index contributed by atoms with van der Waals surface area (Å²) in [6.07, 6.45) is 4.31. The molecule has 0 unspecified atom stereocenters. The molecule has 0 aliphatic carbocycles. The topological polar surface area (TPSA) is 49.9 Å². The molecule has 0 amide bonds. The SMILES string of the molecule is N=C(N)c1cc2c(C=Cc3cccc4sccc34)cccc2s1. The van der Waals surface area contributed by atoms with Crippen LogP contribution in [0.2, 0.25) is 0 Å². The molecule has 0 aliphatic rings. The van der Waals surface area contributed by atoms with Crippen LogP contribution in [-0.4, -0.2) is 5.84 Å². The molecule has 2 heterocycles. The molecule has 2 aromatic heterocycles. The van der Waals surface area contributed by atoms with Crippen molar-refractivity contribution in [2.75, 3.05) is 0 Å². The number of amidine groups is 1. The van der Waals surface area contributed by atoms with Crippen LogP contribution >= 0.6 is 22.7 Å². The minimum atomic E-state index is 0.129. The Balaban J connectivity index is 1.80. The van der Waals surface area contributed by atoms with Crippen molar-refractivity contribution in [3.8, 4) is 0 Å². The van der Waals surface area contributed by atoms with Crippen molar-refractivity contribution in [3.63, 3.8) is 0 Å². The van der Waals surface area contributed by atoms with Gasteiger partial charge in [0.25, 0.3) is 0 Å². The third kappa shape index (κ3) is 2.56. The molecule has 0 atom stereocenters. The number of nitrogens with two attached hydrogens (primary N) is 1. The van der Waals surface area contributed by atoms with Crippen LogP contribution in [0.25, 0.3) is 32.3 Å². The Labute approximate surface area is 142 Å². The first kappa shape index (κ1) is 14.2. The maximum Gasteiger partial charge on any atom is 0.133 e. The third-order valence-electron chi connectivity index (χ3n) is 3.83. The highest BCUT2D eigenvalue weighted by Crippen LogP contribution is 2.30. The highest BCUT2D eigenvalue weighted by atomic mass is 32.1. The second-order valence-electron chi connectivity index (χ2n) is 5.30. The number of hydrogen-bond acceptors (Lipinski definition) is 3. The average Bonchev–Trinajstić information content (AvgIpc) is 3.19. The van der Waals surface area contributed by atoms with Crippen molar-refractivity contribution in [2.45, 2.75) is 0 Å². The lowest BCUT2D eigenvalue weighted by Crippen LogP contribution is -2.08. The molecule has 0 radical (unpaired) electrons. The molecule has 0 saturated carbocycles. The molecule has 0 aliphatic heterocycles. The van der Waals surface area contributed by atoms with Gasteiger partial charge in [-0.2, -0.15) is 0 Å². The number of nitrogens with one attached hydrogen (secondary N) is 1. The molecule has 0 spiro atoms. The van der Waals surface area contributed by atoms with Crippen LogP contribution in [0.5, 0.6) is 0 Å². The lowest BCUT2D eigenvalue weighted by Gasteiger charge is -1.99. The molecule has 2 nitrogen and oxygen atoms in total. The minimum Gasteiger partial charge on any atom is -0.383 e. The Bertz CT molecular complexity index is 1050. The van der Waals surface area contributed by atoms with Gasteiger partial charge in [0.05, 0.1) is 4.88 Å². The van der Waals surface area contributed by atoms with Gasteiger partial charge < -0.3 is 5.73 Å². The van der Waals surface area contributed by atoms with Crippen LogP contribution in [-0.2, 0) is 0 Å². The molecule has 0 fully saturated rings. The first-order chi connectivity index (χ1) is 11.2. The molecule has 0 bridgehead atoms. The van der Waals surface area contributed by atoms with E-state index in [9.17, 15) is 0 Å². The summed E-state index contributed by atoms with van der Waals surface area (Å²) in [4.78, 5) is 0.820. The normalized spacial score (nSPS) is 11.7. The zero-order valence-corrected chi connectivity index (χ0v) is 13.9. The van der Waals surface area contributed by atoms with Gasteiger partial charge in [-0.05, 0) is 46.2 Å². The standard InChI is InChI=1S/C19H14N2S2/c20-19(21)18-11-15-13(4-2-6-17(15)23-18)8-7-12-3-1-5-16-14(12)9-10-22-16/h1-11H,(H3,20,21). The highest BCUT2D eigenvalue weighted by Gasteiger charge is 2.06. The maximum absolute atomic E-state index is 7.62. The fraction of sp³-hybridized carbons (Fsp3) is 0. The molecular weight excluding hydrogens is 320 g/mol. The van der Waals surface area contributed by atoms with Crippen LogP contribution in [0.15, 0.2) is 53.9 Å². The number of rotatable bonds is 3. The van der Waals surface area contributed by atoms with E-state index in [4.69, 9.17) is 11.1 Å². The Morgan fingerprint density at radius 3 is 2.35 bits per heavy atom. The van der Waals surface area contributed by atoms with E-state index >= 15 is 0 Å². The van der Waals surface area contributed by atoms with Crippen molar-refractivity contribution in [3.05, 3.63) is 69.9 Å². The van der Waals surface area contributed by atoms with Crippen molar-refractivity contribution in [2.24, 2.45) is 5.73 Å². The molecule has 0 saturated heterocycles. The van der Waals surface area contributed by atoms with Crippen LogP contribution in [0, 0.1) is 5.41 Å². The zero-order chi connectivity index (χ0) is 15.8. The van der Waals surface area contributed by atoms with Gasteiger partial charge >= 0.3 is 0 Å². The Hall–Kier alpha value is -2.43. The van der Waals surface area contributed by atoms with Crippen LogP contribution in [0.3, 0.4) is 0 Å². The van der Waals surface area contributed by atoms with E-state index in [-0.39, 0.29) is 5.84 Å². The van der Waals surface area contributed by atoms with Gasteiger partial charge in [-0.15, -0.1) is 22.7 Å². The van der Waals surface area contributed by atoms with Gasteiger partial charge in [0.1, 0.15) is 5.84 Å². The summed E-state index contributed by atoms with van der Waals surface area (Å²) in [6.45, 7) is 0. The van der Waals surface area contributed by atoms with E-state index in [1.165, 1.54) is 15.6 Å². The lowest BCUT2D eigenvalue weighted by molar-refractivity contribution is 1.46. The van der Waals surface area contributed by atoms with Crippen LogP contribution < -0.4 is 5.73 Å². The zero-order valence-electron chi connectivity index (χ0n) is 12.2. The lowest BCUT2D eigenvalue weighted by atomic mass is 10.1. The second kappa shape index (κ2) is 5.65. The van der Waals surface area contributed by atoms with Crippen molar-refractivity contribution >= 4 is 60.8 Å². The van der Waals surface area contributed by atoms with Crippen LogP contribution in [0.1, 0.15) is 16.0 Å². The van der Waals surface area contributed by atoms with Crippen molar-refractivity contribution in [1.29, 1.82) is 5.41 Å². The molecular formula is C19H14N2S2. The number of fused-ring (bicyclic) bond motifs is 2. The molecule has 3 N–H and O–H groups in total. The Morgan fingerprint density at radius 2 is 1.61 bits per heavy atom. The predicted octanol–water partition coefficient (Wildman–Crippen LogP) is 5.57. The average molecular weight is 334 g/mol. The number of benzene rings is 2. The van der Waals surface area contributed by atoms with Crippen LogP contribution in [0.4, 0.5) is 0 Å². The number of hydrogen-bond donors (Lipinski definition) is 2. The van der Waals surface area contributed by atoms with E-state index in [0.29, 0.717) is 0 Å². The summed E-state index contributed by atoms with van der Waals surface area (Å²) in [5.41, 5.74) is 8.00. The van der Waals surface area contributed by atoms with Gasteiger partial charge in [-0.1, -0.05) is 36.4 Å². The molecule has 4 rings (SSSR count). The van der Waals surface area contributed by atoms with Gasteiger partial charge in [0.2, 0.25) is 0 Å². The summed E-state index contributed by atoms with van der Waals surface area (Å²) in [5.74, 6) is 0.129. The van der Waals surface area contributed by atoms with E-state index in [1.807, 2.05) is 12.1 Å². The molecule has 4 heteroatoms. The van der Waals surface area contributed by atoms with Gasteiger partial charge in [-0.3, -0.25) is 5.41 Å². The van der Waals surface area contributed by atoms with E-state index < -0.39 is 0 Å². The fourth-order valence-electron chi connectivity index (χ4n) is 2.70. The number of nitrogen functional groups attached to an aromatic ring is 1. The predicted molar refractivity (Wildman–Crippen MR) is 104 cm³/mol. The molecule has 112 valence electrons. The van der Waals surface area contributed by atoms with E-state index in [2.05, 4.69) is 53.9 Å². The maximum atomic E-state index is 7.62. The first-order valence-corrected chi connectivity index (χ1v) is 8.93. The second-order valence-corrected chi connectivity index (χ2v) is 7.33. The van der Waals surface area contributed by atoms with Gasteiger partial charge in [0.15, 0.2) is 0 Å². The highest BCUT2D eigenvalue weighted by molar-refractivity contribution is 7.20. The smallest absolute Gasteiger partial charge is 0.133 e. The largest absolute Gasteiger partial charge is 0.383 e. The fourth-order valence-corrected chi connectivity index (χ4v) is 4.48. The minimum absolute atomic E-state index is 0.129. The summed E-state index contributed by atoms with van der Waals surface area (Å²) >= 11 is 3.33. The quantitative estimate of drug-likeness (QED) is 0.287. The molecule has 23 heavy (non-hydrogen) atoms. The Morgan fingerprint density at radius 1 is 0.913 bits per heavy atom. The van der Waals surface area contributed by atoms with Gasteiger partial charge in [-0.25, -0.2) is 0 Å². The van der Waals surface area contributed by atoms with Crippen molar-refractivity contribution < 1.29 is 0 Å². The summed E-state index contributed by atoms with van der Waals surface area (Å²) in [6, 6.07) is 16.8. The molecule has 4 aromatic rings.